The Hall–Kier alpha value is -5.57. The summed E-state index contributed by atoms with van der Waals surface area (Å²) in [6.07, 6.45) is 0.461. The maximum atomic E-state index is 12.5. The quantitative estimate of drug-likeness (QED) is 0.223. The number of amides is 1. The molecule has 2 heterocycles. The zero-order valence-corrected chi connectivity index (χ0v) is 18.2. The Labute approximate surface area is 201 Å². The van der Waals surface area contributed by atoms with Crippen LogP contribution in [0, 0.1) is 28.1 Å². The molecule has 1 aromatic carbocycles. The third-order valence-electron chi connectivity index (χ3n) is 4.97. The van der Waals surface area contributed by atoms with E-state index in [4.69, 9.17) is 21.4 Å². The molecular formula is C21H17N9O6. The van der Waals surface area contributed by atoms with Gasteiger partial charge in [0.25, 0.3) is 11.5 Å². The number of nitrogens with two attached hydrogens (primary N) is 1. The van der Waals surface area contributed by atoms with Crippen molar-refractivity contribution in [3.8, 4) is 12.1 Å². The van der Waals surface area contributed by atoms with Crippen LogP contribution < -0.4 is 21.9 Å². The lowest BCUT2D eigenvalue weighted by Crippen LogP contribution is -2.46. The van der Waals surface area contributed by atoms with Gasteiger partial charge in [-0.3, -0.25) is 14.6 Å². The summed E-state index contributed by atoms with van der Waals surface area (Å²) in [4.78, 5) is 61.7. The van der Waals surface area contributed by atoms with Crippen molar-refractivity contribution in [1.82, 2.24) is 25.3 Å². The van der Waals surface area contributed by atoms with Crippen LogP contribution in [0.2, 0.25) is 0 Å². The maximum absolute atomic E-state index is 12.5. The number of carbonyl (C=O) groups excluding carboxylic acids is 1. The molecule has 15 nitrogen and oxygen atoms in total. The first-order chi connectivity index (χ1) is 17.1. The highest BCUT2D eigenvalue weighted by Crippen LogP contribution is 2.23. The third-order valence-corrected chi connectivity index (χ3v) is 4.97. The molecule has 1 amide bonds. The second kappa shape index (κ2) is 10.1. The minimum atomic E-state index is -2.64. The van der Waals surface area contributed by atoms with Crippen LogP contribution in [-0.2, 0) is 16.1 Å². The van der Waals surface area contributed by atoms with Crippen molar-refractivity contribution in [2.45, 2.75) is 19.0 Å². The number of anilines is 2. The lowest BCUT2D eigenvalue weighted by atomic mass is 9.84. The van der Waals surface area contributed by atoms with Crippen molar-refractivity contribution >= 4 is 40.6 Å². The highest BCUT2D eigenvalue weighted by Gasteiger charge is 2.44. The number of aromatic amines is 1. The molecule has 0 saturated carbocycles. The number of nitrogens with one attached hydrogen (secondary N) is 3. The standard InChI is InChI=1S/C21H17N9O6/c22-8-21(9-23,19(35)36)5-13(18(33)34)28-16(31)10-1-3-11(4-2-10)25-6-12-7-26-15-14(27-12)17(32)30-20(24)29-15/h1-4,7,13,25H,5-6H2,(H,28,31)(H,33,34)(H,35,36)(H3,24,26,29,30,32)/t13-/m0/s1. The van der Waals surface area contributed by atoms with Crippen LogP contribution in [-0.4, -0.2) is 54.0 Å². The summed E-state index contributed by atoms with van der Waals surface area (Å²) >= 11 is 0. The van der Waals surface area contributed by atoms with Gasteiger partial charge in [-0.15, -0.1) is 0 Å². The van der Waals surface area contributed by atoms with Crippen molar-refractivity contribution in [3.63, 3.8) is 0 Å². The van der Waals surface area contributed by atoms with Crippen LogP contribution in [0.25, 0.3) is 11.2 Å². The summed E-state index contributed by atoms with van der Waals surface area (Å²) < 4.78 is 0. The number of H-pyrrole nitrogens is 1. The van der Waals surface area contributed by atoms with E-state index in [0.717, 1.165) is 0 Å². The fourth-order valence-electron chi connectivity index (χ4n) is 3.04. The van der Waals surface area contributed by atoms with Gasteiger partial charge in [-0.05, 0) is 24.3 Å². The normalized spacial score (nSPS) is 11.6. The zero-order chi connectivity index (χ0) is 26.5. The highest BCUT2D eigenvalue weighted by atomic mass is 16.4. The van der Waals surface area contributed by atoms with E-state index in [1.165, 1.54) is 42.6 Å². The first-order valence-corrected chi connectivity index (χ1v) is 10.0. The average molecular weight is 491 g/mol. The van der Waals surface area contributed by atoms with E-state index in [9.17, 15) is 24.3 Å². The van der Waals surface area contributed by atoms with Crippen LogP contribution in [0.1, 0.15) is 22.5 Å². The first-order valence-electron chi connectivity index (χ1n) is 10.0. The number of nitriles is 2. The molecule has 36 heavy (non-hydrogen) atoms. The van der Waals surface area contributed by atoms with Crippen LogP contribution in [0.15, 0.2) is 35.3 Å². The van der Waals surface area contributed by atoms with E-state index >= 15 is 0 Å². The predicted molar refractivity (Wildman–Crippen MR) is 121 cm³/mol. The second-order valence-corrected chi connectivity index (χ2v) is 7.42. The number of fused-ring (bicyclic) bond motifs is 1. The molecule has 3 aromatic rings. The van der Waals surface area contributed by atoms with Crippen LogP contribution in [0.5, 0.6) is 0 Å². The summed E-state index contributed by atoms with van der Waals surface area (Å²) in [5.74, 6) is -4.35. The van der Waals surface area contributed by atoms with Crippen molar-refractivity contribution in [1.29, 1.82) is 10.5 Å². The number of carboxylic acids is 2. The molecule has 182 valence electrons. The molecule has 7 N–H and O–H groups in total. The van der Waals surface area contributed by atoms with Crippen molar-refractivity contribution in [2.24, 2.45) is 5.41 Å². The number of aromatic nitrogens is 4. The lowest BCUT2D eigenvalue weighted by molar-refractivity contribution is -0.145. The summed E-state index contributed by atoms with van der Waals surface area (Å²) in [5.41, 5.74) is 3.42. The SMILES string of the molecule is N#CC(C#N)(C[C@H](NC(=O)c1ccc(NCc2cnc3nc(N)[nH]c(=O)c3n2)cc1)C(=O)O)C(=O)O. The van der Waals surface area contributed by atoms with Gasteiger partial charge in [-0.2, -0.15) is 15.5 Å². The molecule has 0 spiro atoms. The highest BCUT2D eigenvalue weighted by molar-refractivity contribution is 5.97. The molecule has 0 saturated heterocycles. The Morgan fingerprint density at radius 2 is 1.81 bits per heavy atom. The minimum Gasteiger partial charge on any atom is -0.480 e. The Bertz CT molecular complexity index is 1470. The van der Waals surface area contributed by atoms with E-state index in [0.29, 0.717) is 11.4 Å². The van der Waals surface area contributed by atoms with Gasteiger partial charge in [-0.1, -0.05) is 0 Å². The molecule has 0 aliphatic rings. The molecular weight excluding hydrogens is 474 g/mol. The predicted octanol–water partition coefficient (Wildman–Crippen LogP) is -0.401. The van der Waals surface area contributed by atoms with Gasteiger partial charge >= 0.3 is 11.9 Å². The number of carboxylic acid groups (broad SMARTS) is 2. The molecule has 0 unspecified atom stereocenters. The molecule has 0 radical (unpaired) electrons. The largest absolute Gasteiger partial charge is 0.480 e. The second-order valence-electron chi connectivity index (χ2n) is 7.42. The Morgan fingerprint density at radius 3 is 2.39 bits per heavy atom. The summed E-state index contributed by atoms with van der Waals surface area (Å²) in [6, 6.07) is 6.56. The van der Waals surface area contributed by atoms with Gasteiger partial charge in [0.1, 0.15) is 6.04 Å². The Kier molecular flexibility index (Phi) is 7.06. The number of nitrogens with zero attached hydrogens (tertiary/aromatic N) is 5. The van der Waals surface area contributed by atoms with Gasteiger partial charge < -0.3 is 26.6 Å². The van der Waals surface area contributed by atoms with Gasteiger partial charge in [-0.25, -0.2) is 19.6 Å². The molecule has 0 aliphatic carbocycles. The van der Waals surface area contributed by atoms with E-state index in [-0.39, 0.29) is 29.2 Å². The number of nitrogen functional groups attached to an aromatic ring is 1. The van der Waals surface area contributed by atoms with E-state index < -0.39 is 41.3 Å². The fourth-order valence-corrected chi connectivity index (χ4v) is 3.04. The maximum Gasteiger partial charge on any atom is 0.338 e. The number of benzene rings is 1. The number of carbonyl (C=O) groups is 3. The molecule has 15 heteroatoms. The molecule has 0 bridgehead atoms. The number of hydrogen-bond donors (Lipinski definition) is 6. The monoisotopic (exact) mass is 491 g/mol. The Balaban J connectivity index is 1.67. The van der Waals surface area contributed by atoms with Crippen LogP contribution in [0.4, 0.5) is 11.6 Å². The summed E-state index contributed by atoms with van der Waals surface area (Å²) in [5, 5.41) is 41.8. The number of hydrogen-bond acceptors (Lipinski definition) is 11. The van der Waals surface area contributed by atoms with E-state index in [1.54, 1.807) is 0 Å². The minimum absolute atomic E-state index is 0.0169. The van der Waals surface area contributed by atoms with Crippen molar-refractivity contribution < 1.29 is 24.6 Å². The average Bonchev–Trinajstić information content (AvgIpc) is 2.85. The van der Waals surface area contributed by atoms with Gasteiger partial charge in [0.05, 0.1) is 30.6 Å². The smallest absolute Gasteiger partial charge is 0.338 e. The zero-order valence-electron chi connectivity index (χ0n) is 18.2. The fraction of sp³-hybridized carbons (Fsp3) is 0.190. The number of rotatable bonds is 9. The molecule has 3 rings (SSSR count). The van der Waals surface area contributed by atoms with E-state index in [2.05, 4.69) is 30.6 Å². The molecule has 1 atom stereocenters. The van der Waals surface area contributed by atoms with Gasteiger partial charge in [0.2, 0.25) is 11.4 Å². The molecule has 2 aromatic heterocycles. The lowest BCUT2D eigenvalue weighted by Gasteiger charge is -2.20. The van der Waals surface area contributed by atoms with Crippen LogP contribution >= 0.6 is 0 Å². The first kappa shape index (κ1) is 25.1. The Morgan fingerprint density at radius 1 is 1.14 bits per heavy atom. The topological polar surface area (TPSA) is 261 Å². The van der Waals surface area contributed by atoms with Gasteiger partial charge in [0.15, 0.2) is 11.2 Å². The summed E-state index contributed by atoms with van der Waals surface area (Å²) in [6.45, 7) is 0.166. The van der Waals surface area contributed by atoms with E-state index in [1.807, 2.05) is 0 Å². The van der Waals surface area contributed by atoms with Gasteiger partial charge in [0, 0.05) is 17.7 Å². The third kappa shape index (κ3) is 5.32. The molecule has 0 aliphatic heterocycles. The van der Waals surface area contributed by atoms with Crippen molar-refractivity contribution in [2.75, 3.05) is 11.1 Å². The summed E-state index contributed by atoms with van der Waals surface area (Å²) in [7, 11) is 0. The van der Waals surface area contributed by atoms with Crippen LogP contribution in [0.3, 0.4) is 0 Å². The molecule has 0 fully saturated rings. The number of aliphatic carboxylic acids is 2. The van der Waals surface area contributed by atoms with Crippen molar-refractivity contribution in [3.05, 3.63) is 52.1 Å².